The maximum absolute atomic E-state index is 5.75. The van der Waals surface area contributed by atoms with E-state index in [1.54, 1.807) is 24.6 Å². The highest BCUT2D eigenvalue weighted by Gasteiger charge is 2.18. The van der Waals surface area contributed by atoms with Crippen molar-refractivity contribution in [1.29, 1.82) is 0 Å². The van der Waals surface area contributed by atoms with Crippen molar-refractivity contribution in [1.82, 2.24) is 9.97 Å². The quantitative estimate of drug-likeness (QED) is 0.668. The fourth-order valence-corrected chi connectivity index (χ4v) is 2.85. The summed E-state index contributed by atoms with van der Waals surface area (Å²) in [5.41, 5.74) is 0.893. The molecular formula is C19H21N3O2S. The lowest BCUT2D eigenvalue weighted by molar-refractivity contribution is 0.403. The normalized spacial score (nSPS) is 11.8. The number of methoxy groups -OCH3 is 1. The van der Waals surface area contributed by atoms with E-state index in [1.165, 1.54) is 0 Å². The molecule has 25 heavy (non-hydrogen) atoms. The third-order valence-corrected chi connectivity index (χ3v) is 4.38. The van der Waals surface area contributed by atoms with Gasteiger partial charge < -0.3 is 14.5 Å². The van der Waals surface area contributed by atoms with Crippen LogP contribution in [0.15, 0.2) is 41.1 Å². The van der Waals surface area contributed by atoms with Crippen LogP contribution in [0.1, 0.15) is 37.3 Å². The first-order valence-corrected chi connectivity index (χ1v) is 8.77. The van der Waals surface area contributed by atoms with Gasteiger partial charge in [-0.25, -0.2) is 9.97 Å². The molecule has 130 valence electrons. The maximum Gasteiger partial charge on any atom is 0.218 e. The molecule has 0 unspecified atom stereocenters. The first-order chi connectivity index (χ1) is 11.9. The summed E-state index contributed by atoms with van der Waals surface area (Å²) in [6, 6.07) is 7.74. The van der Waals surface area contributed by atoms with Crippen molar-refractivity contribution in [2.24, 2.45) is 0 Å². The number of anilines is 2. The second-order valence-corrected chi connectivity index (χ2v) is 7.63. The molecule has 0 amide bonds. The summed E-state index contributed by atoms with van der Waals surface area (Å²) in [4.78, 5) is 9.70. The molecule has 0 saturated heterocycles. The molecule has 5 nitrogen and oxygen atoms in total. The number of nitrogens with zero attached hydrogens (tertiary/aromatic N) is 2. The molecule has 0 radical (unpaired) electrons. The van der Waals surface area contributed by atoms with Gasteiger partial charge in [0.05, 0.1) is 13.3 Å². The van der Waals surface area contributed by atoms with Gasteiger partial charge in [-0.2, -0.15) is 0 Å². The Morgan fingerprint density at radius 2 is 2.00 bits per heavy atom. The highest BCUT2D eigenvalue weighted by atomic mass is 32.1. The van der Waals surface area contributed by atoms with Crippen molar-refractivity contribution in [3.8, 4) is 5.75 Å². The first-order valence-electron chi connectivity index (χ1n) is 7.95. The van der Waals surface area contributed by atoms with Gasteiger partial charge in [-0.1, -0.05) is 38.2 Å². The van der Waals surface area contributed by atoms with Gasteiger partial charge in [0, 0.05) is 34.3 Å². The molecule has 0 spiro atoms. The van der Waals surface area contributed by atoms with E-state index in [4.69, 9.17) is 9.15 Å². The Morgan fingerprint density at radius 3 is 2.72 bits per heavy atom. The number of ether oxygens (including phenoxy) is 1. The van der Waals surface area contributed by atoms with Crippen LogP contribution in [0.3, 0.4) is 0 Å². The van der Waals surface area contributed by atoms with Crippen molar-refractivity contribution < 1.29 is 9.15 Å². The maximum atomic E-state index is 5.75. The molecule has 0 aliphatic heterocycles. The van der Waals surface area contributed by atoms with E-state index >= 15 is 0 Å². The van der Waals surface area contributed by atoms with E-state index in [1.807, 2.05) is 42.6 Å². The smallest absolute Gasteiger partial charge is 0.218 e. The topological polar surface area (TPSA) is 60.2 Å². The first kappa shape index (κ1) is 17.2. The van der Waals surface area contributed by atoms with E-state index in [9.17, 15) is 0 Å². The van der Waals surface area contributed by atoms with Gasteiger partial charge in [0.1, 0.15) is 11.5 Å². The summed E-state index contributed by atoms with van der Waals surface area (Å²) in [7, 11) is 1.65. The minimum atomic E-state index is -0.0442. The van der Waals surface area contributed by atoms with Crippen molar-refractivity contribution in [3.63, 3.8) is 0 Å². The molecule has 3 aromatic rings. The van der Waals surface area contributed by atoms with Crippen LogP contribution in [-0.2, 0) is 5.41 Å². The summed E-state index contributed by atoms with van der Waals surface area (Å²) in [6.45, 7) is 6.29. The fourth-order valence-electron chi connectivity index (χ4n) is 2.11. The van der Waals surface area contributed by atoms with Crippen LogP contribution in [0.2, 0.25) is 0 Å². The predicted molar refractivity (Wildman–Crippen MR) is 103 cm³/mol. The second kappa shape index (κ2) is 7.11. The number of hydrogen-bond acceptors (Lipinski definition) is 6. The third-order valence-electron chi connectivity index (χ3n) is 3.50. The molecule has 0 aliphatic rings. The predicted octanol–water partition coefficient (Wildman–Crippen LogP) is 5.35. The zero-order valence-corrected chi connectivity index (χ0v) is 15.6. The number of aromatic nitrogens is 2. The van der Waals surface area contributed by atoms with Gasteiger partial charge in [0.15, 0.2) is 5.13 Å². The largest absolute Gasteiger partial charge is 0.497 e. The summed E-state index contributed by atoms with van der Waals surface area (Å²) in [5.74, 6) is 2.28. The Labute approximate surface area is 151 Å². The lowest BCUT2D eigenvalue weighted by Gasteiger charge is -2.12. The van der Waals surface area contributed by atoms with Gasteiger partial charge in [0.25, 0.3) is 0 Å². The average Bonchev–Trinajstić information content (AvgIpc) is 3.22. The molecule has 0 bridgehead atoms. The lowest BCUT2D eigenvalue weighted by Crippen LogP contribution is -2.09. The van der Waals surface area contributed by atoms with E-state index in [0.717, 1.165) is 27.2 Å². The molecule has 6 heteroatoms. The Kier molecular flexibility index (Phi) is 4.90. The molecule has 1 N–H and O–H groups in total. The second-order valence-electron chi connectivity index (χ2n) is 6.57. The van der Waals surface area contributed by atoms with Gasteiger partial charge in [-0.15, -0.1) is 0 Å². The molecule has 0 atom stereocenters. The Hall–Kier alpha value is -2.60. The number of oxazole rings is 1. The van der Waals surface area contributed by atoms with Crippen LogP contribution in [0.4, 0.5) is 10.8 Å². The lowest BCUT2D eigenvalue weighted by atomic mass is 9.94. The molecule has 0 fully saturated rings. The summed E-state index contributed by atoms with van der Waals surface area (Å²) in [6.07, 6.45) is 7.41. The summed E-state index contributed by atoms with van der Waals surface area (Å²) >= 11 is 1.55. The van der Waals surface area contributed by atoms with Crippen LogP contribution in [0.5, 0.6) is 5.75 Å². The zero-order chi connectivity index (χ0) is 17.9. The van der Waals surface area contributed by atoms with Gasteiger partial charge >= 0.3 is 0 Å². The average molecular weight is 355 g/mol. The molecule has 0 aliphatic carbocycles. The summed E-state index contributed by atoms with van der Waals surface area (Å²) in [5, 5.41) is 4.09. The molecular weight excluding hydrogens is 334 g/mol. The zero-order valence-electron chi connectivity index (χ0n) is 14.7. The van der Waals surface area contributed by atoms with Crippen LogP contribution in [0, 0.1) is 0 Å². The van der Waals surface area contributed by atoms with E-state index in [0.29, 0.717) is 5.89 Å². The number of rotatable bonds is 5. The molecule has 2 heterocycles. The molecule has 3 rings (SSSR count). The highest BCUT2D eigenvalue weighted by Crippen LogP contribution is 2.27. The Bertz CT molecular complexity index is 875. The van der Waals surface area contributed by atoms with E-state index in [2.05, 4.69) is 36.1 Å². The van der Waals surface area contributed by atoms with Gasteiger partial charge in [-0.05, 0) is 18.2 Å². The van der Waals surface area contributed by atoms with Crippen LogP contribution >= 0.6 is 11.3 Å². The minimum Gasteiger partial charge on any atom is -0.497 e. The number of thiazole rings is 1. The van der Waals surface area contributed by atoms with Crippen LogP contribution < -0.4 is 10.1 Å². The number of nitrogens with one attached hydrogen (secondary N) is 1. The van der Waals surface area contributed by atoms with E-state index in [-0.39, 0.29) is 5.41 Å². The monoisotopic (exact) mass is 355 g/mol. The van der Waals surface area contributed by atoms with Crippen molar-refractivity contribution in [3.05, 3.63) is 53.2 Å². The van der Waals surface area contributed by atoms with Crippen molar-refractivity contribution >= 4 is 34.3 Å². The molecule has 0 saturated carbocycles. The Balaban J connectivity index is 1.68. The van der Waals surface area contributed by atoms with Crippen LogP contribution in [-0.4, -0.2) is 17.1 Å². The Morgan fingerprint density at radius 1 is 1.16 bits per heavy atom. The molecule has 1 aromatic carbocycles. The highest BCUT2D eigenvalue weighted by molar-refractivity contribution is 7.16. The summed E-state index contributed by atoms with van der Waals surface area (Å²) < 4.78 is 11.0. The molecule has 2 aromatic heterocycles. The van der Waals surface area contributed by atoms with Gasteiger partial charge in [0.2, 0.25) is 5.89 Å². The van der Waals surface area contributed by atoms with E-state index < -0.39 is 0 Å². The van der Waals surface area contributed by atoms with Crippen LogP contribution in [0.25, 0.3) is 12.2 Å². The number of benzene rings is 1. The fraction of sp³-hybridized carbons (Fsp3) is 0.263. The SMILES string of the molecule is COc1cccc(Nc2ncc(C=Cc3ncc(C(C)(C)C)o3)s2)c1. The standard InChI is InChI=1S/C19H21N3O2S/c1-19(2,3)16-12-20-17(24-16)9-8-15-11-21-18(25-15)22-13-6-5-7-14(10-13)23-4/h5-12H,1-4H3,(H,21,22). The third kappa shape index (κ3) is 4.48. The number of hydrogen-bond donors (Lipinski definition) is 1. The minimum absolute atomic E-state index is 0.0442. The van der Waals surface area contributed by atoms with Crippen molar-refractivity contribution in [2.45, 2.75) is 26.2 Å². The van der Waals surface area contributed by atoms with Crippen molar-refractivity contribution in [2.75, 3.05) is 12.4 Å². The van der Waals surface area contributed by atoms with Gasteiger partial charge in [-0.3, -0.25) is 0 Å².